The Morgan fingerprint density at radius 1 is 0.971 bits per heavy atom. The molecule has 0 heterocycles. The highest BCUT2D eigenvalue weighted by Gasteiger charge is 2.43. The summed E-state index contributed by atoms with van der Waals surface area (Å²) in [5.74, 6) is -1.30. The molecule has 0 aliphatic heterocycles. The Balaban J connectivity index is 1.28. The monoisotopic (exact) mass is 478 g/mol. The van der Waals surface area contributed by atoms with E-state index in [9.17, 15) is 19.5 Å². The van der Waals surface area contributed by atoms with E-state index in [0.29, 0.717) is 19.3 Å². The summed E-state index contributed by atoms with van der Waals surface area (Å²) in [6.45, 7) is 4.00. The summed E-state index contributed by atoms with van der Waals surface area (Å²) < 4.78 is 5.56. The van der Waals surface area contributed by atoms with Gasteiger partial charge in [0.1, 0.15) is 12.1 Å². The number of alkyl carbamates (subject to hydrolysis) is 1. The molecule has 0 radical (unpaired) electrons. The van der Waals surface area contributed by atoms with Crippen LogP contribution in [0.25, 0.3) is 11.1 Å². The van der Waals surface area contributed by atoms with E-state index in [1.807, 2.05) is 24.3 Å². The number of nitrogens with one attached hydrogen (secondary N) is 2. The fourth-order valence-corrected chi connectivity index (χ4v) is 5.17. The van der Waals surface area contributed by atoms with E-state index in [1.54, 1.807) is 13.8 Å². The summed E-state index contributed by atoms with van der Waals surface area (Å²) in [6, 6.07) is 16.3. The number of hydrogen-bond donors (Lipinski definition) is 3. The number of aliphatic carboxylic acids is 1. The molecule has 3 N–H and O–H groups in total. The first kappa shape index (κ1) is 24.8. The SMILES string of the molecule is CC(C)(CCNC(=O)OCC1c2ccccc2-c2ccccc21)C(=O)NC1(C(=O)O)CCCCC1. The van der Waals surface area contributed by atoms with Crippen LogP contribution in [0.1, 0.15) is 69.4 Å². The fraction of sp³-hybridized carbons (Fsp3) is 0.464. The maximum atomic E-state index is 12.9. The molecule has 2 aromatic rings. The van der Waals surface area contributed by atoms with Gasteiger partial charge in [0.05, 0.1) is 0 Å². The molecular formula is C28H34N2O5. The summed E-state index contributed by atoms with van der Waals surface area (Å²) in [5.41, 5.74) is 2.61. The third-order valence-electron chi connectivity index (χ3n) is 7.45. The van der Waals surface area contributed by atoms with E-state index >= 15 is 0 Å². The summed E-state index contributed by atoms with van der Waals surface area (Å²) in [4.78, 5) is 37.2. The molecule has 2 amide bonds. The first-order valence-corrected chi connectivity index (χ1v) is 12.4. The maximum Gasteiger partial charge on any atom is 0.407 e. The molecule has 0 spiro atoms. The second kappa shape index (κ2) is 10.1. The lowest BCUT2D eigenvalue weighted by Gasteiger charge is -2.37. The summed E-state index contributed by atoms with van der Waals surface area (Å²) >= 11 is 0. The fourth-order valence-electron chi connectivity index (χ4n) is 5.17. The molecular weight excluding hydrogens is 444 g/mol. The van der Waals surface area contributed by atoms with Crippen LogP contribution in [0, 0.1) is 5.41 Å². The Hall–Kier alpha value is -3.35. The van der Waals surface area contributed by atoms with Crippen LogP contribution in [0.3, 0.4) is 0 Å². The third kappa shape index (κ3) is 5.19. The zero-order valence-corrected chi connectivity index (χ0v) is 20.4. The van der Waals surface area contributed by atoms with Crippen molar-refractivity contribution in [1.82, 2.24) is 10.6 Å². The molecule has 7 heteroatoms. The minimum atomic E-state index is -1.19. The zero-order valence-electron chi connectivity index (χ0n) is 20.4. The highest BCUT2D eigenvalue weighted by molar-refractivity contribution is 5.89. The lowest BCUT2D eigenvalue weighted by molar-refractivity contribution is -0.151. The number of carboxylic acids is 1. The largest absolute Gasteiger partial charge is 0.480 e. The molecule has 0 aromatic heterocycles. The second-order valence-corrected chi connectivity index (χ2v) is 10.3. The normalized spacial score (nSPS) is 16.6. The van der Waals surface area contributed by atoms with Gasteiger partial charge in [-0.1, -0.05) is 81.6 Å². The van der Waals surface area contributed by atoms with Crippen molar-refractivity contribution in [2.45, 2.75) is 63.8 Å². The van der Waals surface area contributed by atoms with Gasteiger partial charge in [0, 0.05) is 17.9 Å². The van der Waals surface area contributed by atoms with Gasteiger partial charge in [0.15, 0.2) is 0 Å². The van der Waals surface area contributed by atoms with E-state index in [-0.39, 0.29) is 25.0 Å². The summed E-state index contributed by atoms with van der Waals surface area (Å²) in [6.07, 6.45) is 3.28. The molecule has 0 atom stereocenters. The van der Waals surface area contributed by atoms with Gasteiger partial charge in [-0.25, -0.2) is 9.59 Å². The maximum absolute atomic E-state index is 12.9. The standard InChI is InChI=1S/C28H34N2O5/c1-27(2,24(31)30-28(25(32)33)14-8-3-9-15-28)16-17-29-26(34)35-18-23-21-12-6-4-10-19(21)20-11-5-7-13-22(20)23/h4-7,10-13,23H,3,8-9,14-18H2,1-2H3,(H,29,34)(H,30,31)(H,32,33). The topological polar surface area (TPSA) is 105 Å². The van der Waals surface area contributed by atoms with Gasteiger partial charge in [0.2, 0.25) is 5.91 Å². The van der Waals surface area contributed by atoms with Gasteiger partial charge in [-0.3, -0.25) is 4.79 Å². The van der Waals surface area contributed by atoms with E-state index in [2.05, 4.69) is 34.9 Å². The Labute approximate surface area is 206 Å². The van der Waals surface area contributed by atoms with E-state index in [1.165, 1.54) is 11.1 Å². The molecule has 1 saturated carbocycles. The molecule has 0 saturated heterocycles. The number of carbonyl (C=O) groups excluding carboxylic acids is 2. The van der Waals surface area contributed by atoms with Crippen molar-refractivity contribution in [3.63, 3.8) is 0 Å². The van der Waals surface area contributed by atoms with Crippen LogP contribution in [-0.2, 0) is 14.3 Å². The number of carboxylic acid groups (broad SMARTS) is 1. The highest BCUT2D eigenvalue weighted by Crippen LogP contribution is 2.44. The second-order valence-electron chi connectivity index (χ2n) is 10.3. The van der Waals surface area contributed by atoms with Crippen LogP contribution in [0.4, 0.5) is 4.79 Å². The van der Waals surface area contributed by atoms with Gasteiger partial charge in [-0.15, -0.1) is 0 Å². The van der Waals surface area contributed by atoms with Gasteiger partial charge in [0.25, 0.3) is 0 Å². The average molecular weight is 479 g/mol. The Kier molecular flexibility index (Phi) is 7.15. The van der Waals surface area contributed by atoms with Crippen molar-refractivity contribution in [3.8, 4) is 11.1 Å². The quantitative estimate of drug-likeness (QED) is 0.503. The average Bonchev–Trinajstić information content (AvgIpc) is 3.17. The number of rotatable bonds is 8. The van der Waals surface area contributed by atoms with Crippen LogP contribution in [0.15, 0.2) is 48.5 Å². The molecule has 0 bridgehead atoms. The number of fused-ring (bicyclic) bond motifs is 3. The van der Waals surface area contributed by atoms with Crippen molar-refractivity contribution >= 4 is 18.0 Å². The molecule has 0 unspecified atom stereocenters. The molecule has 35 heavy (non-hydrogen) atoms. The minimum absolute atomic E-state index is 0.0157. The lowest BCUT2D eigenvalue weighted by atomic mass is 9.79. The van der Waals surface area contributed by atoms with Gasteiger partial charge in [-0.05, 0) is 41.5 Å². The minimum Gasteiger partial charge on any atom is -0.480 e. The van der Waals surface area contributed by atoms with E-state index in [0.717, 1.165) is 30.4 Å². The first-order valence-electron chi connectivity index (χ1n) is 12.4. The van der Waals surface area contributed by atoms with E-state index < -0.39 is 23.0 Å². The number of hydrogen-bond acceptors (Lipinski definition) is 4. The Bertz CT molecular complexity index is 1060. The van der Waals surface area contributed by atoms with Crippen LogP contribution in [0.2, 0.25) is 0 Å². The lowest BCUT2D eigenvalue weighted by Crippen LogP contribution is -2.58. The molecule has 2 aromatic carbocycles. The van der Waals surface area contributed by atoms with E-state index in [4.69, 9.17) is 4.74 Å². The molecule has 7 nitrogen and oxygen atoms in total. The smallest absolute Gasteiger partial charge is 0.407 e. The molecule has 1 fully saturated rings. The zero-order chi connectivity index (χ0) is 25.1. The number of carbonyl (C=O) groups is 3. The van der Waals surface area contributed by atoms with Gasteiger partial charge < -0.3 is 20.5 Å². The predicted molar refractivity (Wildman–Crippen MR) is 133 cm³/mol. The third-order valence-corrected chi connectivity index (χ3v) is 7.45. The number of ether oxygens (including phenoxy) is 1. The molecule has 2 aliphatic rings. The highest BCUT2D eigenvalue weighted by atomic mass is 16.5. The van der Waals surface area contributed by atoms with Crippen molar-refractivity contribution in [2.75, 3.05) is 13.2 Å². The Morgan fingerprint density at radius 2 is 1.54 bits per heavy atom. The van der Waals surface area contributed by atoms with Crippen molar-refractivity contribution < 1.29 is 24.2 Å². The van der Waals surface area contributed by atoms with Gasteiger partial charge >= 0.3 is 12.1 Å². The first-order chi connectivity index (χ1) is 16.7. The van der Waals surface area contributed by atoms with Crippen molar-refractivity contribution in [1.29, 1.82) is 0 Å². The number of benzene rings is 2. The van der Waals surface area contributed by atoms with Gasteiger partial charge in [-0.2, -0.15) is 0 Å². The Morgan fingerprint density at radius 3 is 2.11 bits per heavy atom. The van der Waals surface area contributed by atoms with Crippen LogP contribution >= 0.6 is 0 Å². The summed E-state index contributed by atoms with van der Waals surface area (Å²) in [5, 5.41) is 15.3. The predicted octanol–water partition coefficient (Wildman–Crippen LogP) is 4.85. The van der Waals surface area contributed by atoms with Crippen LogP contribution in [0.5, 0.6) is 0 Å². The van der Waals surface area contributed by atoms with Crippen molar-refractivity contribution in [3.05, 3.63) is 59.7 Å². The van der Waals surface area contributed by atoms with Crippen LogP contribution < -0.4 is 10.6 Å². The summed E-state index contributed by atoms with van der Waals surface area (Å²) in [7, 11) is 0. The molecule has 4 rings (SSSR count). The van der Waals surface area contributed by atoms with Crippen molar-refractivity contribution in [2.24, 2.45) is 5.41 Å². The number of amides is 2. The van der Waals surface area contributed by atoms with Crippen LogP contribution in [-0.4, -0.2) is 41.8 Å². The molecule has 2 aliphatic carbocycles. The molecule has 186 valence electrons.